The minimum Gasteiger partial charge on any atom is -0.461 e. The van der Waals surface area contributed by atoms with Crippen LogP contribution in [0.25, 0.3) is 0 Å². The smallest absolute Gasteiger partial charge is 0.309 e. The van der Waals surface area contributed by atoms with Crippen molar-refractivity contribution in [2.45, 2.75) is 19.4 Å². The van der Waals surface area contributed by atoms with Crippen LogP contribution in [0, 0.1) is 16.0 Å². The molecular weight excluding hydrogens is 356 g/mol. The standard InChI is InChI=1S/C18H18N2O5S/c21-17(16-5-2-10-26-16)19-8-6-14(7-9-19)18(22)25-12-13-3-1-4-15(11-13)20(23)24/h1-5,10-11,14H,6-9,12H2. The van der Waals surface area contributed by atoms with Gasteiger partial charge < -0.3 is 9.64 Å². The average Bonchev–Trinajstić information content (AvgIpc) is 3.20. The zero-order chi connectivity index (χ0) is 18.5. The molecule has 1 aromatic heterocycles. The topological polar surface area (TPSA) is 89.8 Å². The Morgan fingerprint density at radius 3 is 2.65 bits per heavy atom. The molecule has 0 saturated carbocycles. The van der Waals surface area contributed by atoms with Gasteiger partial charge in [0.2, 0.25) is 0 Å². The third kappa shape index (κ3) is 4.26. The van der Waals surface area contributed by atoms with E-state index in [2.05, 4.69) is 0 Å². The second-order valence-corrected chi connectivity index (χ2v) is 7.03. The molecule has 0 aliphatic carbocycles. The van der Waals surface area contributed by atoms with E-state index in [0.29, 0.717) is 36.4 Å². The van der Waals surface area contributed by atoms with Crippen LogP contribution in [-0.4, -0.2) is 34.8 Å². The number of benzene rings is 1. The van der Waals surface area contributed by atoms with E-state index in [1.807, 2.05) is 11.4 Å². The molecule has 2 heterocycles. The van der Waals surface area contributed by atoms with Gasteiger partial charge in [0.1, 0.15) is 6.61 Å². The van der Waals surface area contributed by atoms with Gasteiger partial charge in [-0.2, -0.15) is 0 Å². The zero-order valence-corrected chi connectivity index (χ0v) is 14.8. The third-order valence-electron chi connectivity index (χ3n) is 4.35. The lowest BCUT2D eigenvalue weighted by Crippen LogP contribution is -2.40. The summed E-state index contributed by atoms with van der Waals surface area (Å²) in [5.74, 6) is -0.566. The molecule has 0 unspecified atom stereocenters. The molecule has 1 amide bonds. The molecular formula is C18H18N2O5S. The van der Waals surface area contributed by atoms with Crippen LogP contribution in [0.1, 0.15) is 28.1 Å². The van der Waals surface area contributed by atoms with Gasteiger partial charge in [-0.05, 0) is 29.9 Å². The first-order valence-corrected chi connectivity index (χ1v) is 9.15. The third-order valence-corrected chi connectivity index (χ3v) is 5.21. The van der Waals surface area contributed by atoms with E-state index in [1.54, 1.807) is 23.1 Å². The summed E-state index contributed by atoms with van der Waals surface area (Å²) in [5.41, 5.74) is 0.553. The number of hydrogen-bond acceptors (Lipinski definition) is 6. The largest absolute Gasteiger partial charge is 0.461 e. The van der Waals surface area contributed by atoms with Crippen molar-refractivity contribution in [1.29, 1.82) is 0 Å². The molecule has 7 nitrogen and oxygen atoms in total. The Balaban J connectivity index is 1.49. The van der Waals surface area contributed by atoms with E-state index in [1.165, 1.54) is 23.5 Å². The minimum atomic E-state index is -0.481. The fraction of sp³-hybridized carbons (Fsp3) is 0.333. The molecule has 1 aliphatic rings. The van der Waals surface area contributed by atoms with E-state index in [4.69, 9.17) is 4.74 Å². The zero-order valence-electron chi connectivity index (χ0n) is 14.0. The second kappa shape index (κ2) is 8.09. The van der Waals surface area contributed by atoms with Crippen molar-refractivity contribution < 1.29 is 19.2 Å². The highest BCUT2D eigenvalue weighted by molar-refractivity contribution is 7.12. The summed E-state index contributed by atoms with van der Waals surface area (Å²) in [7, 11) is 0. The summed E-state index contributed by atoms with van der Waals surface area (Å²) >= 11 is 1.41. The Bertz CT molecular complexity index is 798. The first kappa shape index (κ1) is 18.1. The Labute approximate surface area is 154 Å². The molecule has 136 valence electrons. The predicted molar refractivity (Wildman–Crippen MR) is 95.8 cm³/mol. The summed E-state index contributed by atoms with van der Waals surface area (Å²) in [6, 6.07) is 9.68. The Morgan fingerprint density at radius 2 is 2.00 bits per heavy atom. The van der Waals surface area contributed by atoms with Crippen LogP contribution in [0.4, 0.5) is 5.69 Å². The monoisotopic (exact) mass is 374 g/mol. The molecule has 26 heavy (non-hydrogen) atoms. The Hall–Kier alpha value is -2.74. The van der Waals surface area contributed by atoms with Crippen LogP contribution in [0.3, 0.4) is 0 Å². The quantitative estimate of drug-likeness (QED) is 0.455. The number of rotatable bonds is 5. The number of likely N-dealkylation sites (tertiary alicyclic amines) is 1. The number of piperidine rings is 1. The molecule has 1 saturated heterocycles. The number of amides is 1. The van der Waals surface area contributed by atoms with Gasteiger partial charge in [-0.1, -0.05) is 18.2 Å². The fourth-order valence-corrected chi connectivity index (χ4v) is 3.60. The van der Waals surface area contributed by atoms with Crippen molar-refractivity contribution in [3.8, 4) is 0 Å². The van der Waals surface area contributed by atoms with E-state index in [9.17, 15) is 19.7 Å². The van der Waals surface area contributed by atoms with Crippen LogP contribution in [0.2, 0.25) is 0 Å². The van der Waals surface area contributed by atoms with Crippen LogP contribution >= 0.6 is 11.3 Å². The second-order valence-electron chi connectivity index (χ2n) is 6.08. The van der Waals surface area contributed by atoms with Gasteiger partial charge in [0, 0.05) is 25.2 Å². The number of nitro benzene ring substituents is 1. The predicted octanol–water partition coefficient (Wildman–Crippen LogP) is 3.25. The van der Waals surface area contributed by atoms with Crippen LogP contribution in [0.15, 0.2) is 41.8 Å². The average molecular weight is 374 g/mol. The summed E-state index contributed by atoms with van der Waals surface area (Å²) in [6.07, 6.45) is 1.12. The number of ether oxygens (including phenoxy) is 1. The van der Waals surface area contributed by atoms with E-state index >= 15 is 0 Å². The minimum absolute atomic E-state index is 0.00316. The molecule has 0 bridgehead atoms. The van der Waals surface area contributed by atoms with E-state index in [-0.39, 0.29) is 30.1 Å². The SMILES string of the molecule is O=C(OCc1cccc([N+](=O)[O-])c1)C1CCN(C(=O)c2cccs2)CC1. The van der Waals surface area contributed by atoms with Crippen molar-refractivity contribution in [1.82, 2.24) is 4.90 Å². The van der Waals surface area contributed by atoms with Gasteiger partial charge in [-0.3, -0.25) is 19.7 Å². The molecule has 0 N–H and O–H groups in total. The molecule has 8 heteroatoms. The van der Waals surface area contributed by atoms with Crippen molar-refractivity contribution in [3.05, 3.63) is 62.3 Å². The Morgan fingerprint density at radius 1 is 1.23 bits per heavy atom. The molecule has 1 fully saturated rings. The van der Waals surface area contributed by atoms with Gasteiger partial charge in [0.25, 0.3) is 11.6 Å². The highest BCUT2D eigenvalue weighted by atomic mass is 32.1. The van der Waals surface area contributed by atoms with Gasteiger partial charge in [-0.25, -0.2) is 0 Å². The number of esters is 1. The van der Waals surface area contributed by atoms with Crippen molar-refractivity contribution in [3.63, 3.8) is 0 Å². The maximum atomic E-state index is 12.3. The van der Waals surface area contributed by atoms with Gasteiger partial charge in [0.05, 0.1) is 15.7 Å². The van der Waals surface area contributed by atoms with Crippen LogP contribution in [-0.2, 0) is 16.1 Å². The number of hydrogen-bond donors (Lipinski definition) is 0. The van der Waals surface area contributed by atoms with E-state index < -0.39 is 4.92 Å². The maximum Gasteiger partial charge on any atom is 0.309 e. The number of carbonyl (C=O) groups is 2. The first-order chi connectivity index (χ1) is 12.5. The molecule has 2 aromatic rings. The van der Waals surface area contributed by atoms with Gasteiger partial charge in [0.15, 0.2) is 0 Å². The van der Waals surface area contributed by atoms with Crippen LogP contribution < -0.4 is 0 Å². The molecule has 0 atom stereocenters. The lowest BCUT2D eigenvalue weighted by atomic mass is 9.97. The van der Waals surface area contributed by atoms with Crippen molar-refractivity contribution >= 4 is 28.9 Å². The number of nitrogens with zero attached hydrogens (tertiary/aromatic N) is 2. The summed E-state index contributed by atoms with van der Waals surface area (Å²) in [6.45, 7) is 1.05. The van der Waals surface area contributed by atoms with Gasteiger partial charge in [-0.15, -0.1) is 11.3 Å². The molecule has 1 aromatic carbocycles. The summed E-state index contributed by atoms with van der Waals surface area (Å²) < 4.78 is 5.31. The number of thiophene rings is 1. The molecule has 0 radical (unpaired) electrons. The lowest BCUT2D eigenvalue weighted by Gasteiger charge is -2.30. The number of nitro groups is 1. The molecule has 1 aliphatic heterocycles. The summed E-state index contributed by atoms with van der Waals surface area (Å²) in [5, 5.41) is 12.6. The fourth-order valence-electron chi connectivity index (χ4n) is 2.91. The van der Waals surface area contributed by atoms with Crippen molar-refractivity contribution in [2.24, 2.45) is 5.92 Å². The molecule has 0 spiro atoms. The normalized spacial score (nSPS) is 14.8. The van der Waals surface area contributed by atoms with Crippen LogP contribution in [0.5, 0.6) is 0 Å². The summed E-state index contributed by atoms with van der Waals surface area (Å²) in [4.78, 5) is 37.3. The maximum absolute atomic E-state index is 12.3. The first-order valence-electron chi connectivity index (χ1n) is 8.27. The molecule has 3 rings (SSSR count). The highest BCUT2D eigenvalue weighted by Crippen LogP contribution is 2.22. The van der Waals surface area contributed by atoms with E-state index in [0.717, 1.165) is 0 Å². The lowest BCUT2D eigenvalue weighted by molar-refractivity contribution is -0.384. The van der Waals surface area contributed by atoms with Gasteiger partial charge >= 0.3 is 5.97 Å². The highest BCUT2D eigenvalue weighted by Gasteiger charge is 2.29. The van der Waals surface area contributed by atoms with Crippen molar-refractivity contribution in [2.75, 3.05) is 13.1 Å². The number of non-ortho nitro benzene ring substituents is 1. The Kier molecular flexibility index (Phi) is 5.62. The number of carbonyl (C=O) groups excluding carboxylic acids is 2.